The number of nitrogens with one attached hydrogen (secondary N) is 3. The average Bonchev–Trinajstić information content (AvgIpc) is 2.77. The first kappa shape index (κ1) is 20.2. The molecule has 8 heteroatoms. The molecule has 31 heavy (non-hydrogen) atoms. The smallest absolute Gasteiger partial charge is 0.258 e. The molecule has 3 N–H and O–H groups in total. The number of fused-ring (bicyclic) bond motifs is 1. The fourth-order valence-electron chi connectivity index (χ4n) is 3.28. The summed E-state index contributed by atoms with van der Waals surface area (Å²) in [5, 5.41) is 3.36. The zero-order valence-corrected chi connectivity index (χ0v) is 16.9. The highest BCUT2D eigenvalue weighted by Crippen LogP contribution is 2.19. The van der Waals surface area contributed by atoms with Crippen molar-refractivity contribution in [3.05, 3.63) is 86.8 Å². The standard InChI is InChI=1S/C23H21N5O3/c1-2-15-13-21(30)28-22(25-15)14-6-5-7-16(12-14)24-20(29)11-10-19-26-18-9-4-3-8-17(18)23(31)27-19/h3-9,12-13H,2,10-11H2,1H3,(H,24,29)(H,25,28,30)(H,26,27,31). The molecule has 0 fully saturated rings. The molecule has 0 bridgehead atoms. The van der Waals surface area contributed by atoms with Gasteiger partial charge in [0.1, 0.15) is 11.6 Å². The quantitative estimate of drug-likeness (QED) is 0.447. The van der Waals surface area contributed by atoms with Crippen LogP contribution in [0.1, 0.15) is 24.9 Å². The topological polar surface area (TPSA) is 121 Å². The Morgan fingerprint density at radius 3 is 2.68 bits per heavy atom. The van der Waals surface area contributed by atoms with Gasteiger partial charge in [-0.1, -0.05) is 31.2 Å². The van der Waals surface area contributed by atoms with Gasteiger partial charge in [-0.15, -0.1) is 0 Å². The molecule has 0 aliphatic carbocycles. The van der Waals surface area contributed by atoms with Crippen LogP contribution in [0.5, 0.6) is 0 Å². The van der Waals surface area contributed by atoms with Crippen molar-refractivity contribution >= 4 is 22.5 Å². The lowest BCUT2D eigenvalue weighted by atomic mass is 10.1. The summed E-state index contributed by atoms with van der Waals surface area (Å²) in [4.78, 5) is 50.7. The van der Waals surface area contributed by atoms with E-state index in [2.05, 4.69) is 25.3 Å². The first-order valence-electron chi connectivity index (χ1n) is 10.0. The molecular formula is C23H21N5O3. The van der Waals surface area contributed by atoms with Crippen molar-refractivity contribution in [1.29, 1.82) is 0 Å². The Bertz CT molecular complexity index is 1370. The predicted molar refractivity (Wildman–Crippen MR) is 119 cm³/mol. The van der Waals surface area contributed by atoms with E-state index >= 15 is 0 Å². The maximum Gasteiger partial charge on any atom is 0.258 e. The van der Waals surface area contributed by atoms with Crippen LogP contribution < -0.4 is 16.4 Å². The summed E-state index contributed by atoms with van der Waals surface area (Å²) in [6, 6.07) is 15.7. The number of carbonyl (C=O) groups is 1. The summed E-state index contributed by atoms with van der Waals surface area (Å²) in [7, 11) is 0. The number of aryl methyl sites for hydroxylation is 2. The van der Waals surface area contributed by atoms with E-state index in [1.807, 2.05) is 19.1 Å². The minimum Gasteiger partial charge on any atom is -0.326 e. The van der Waals surface area contributed by atoms with Gasteiger partial charge in [-0.2, -0.15) is 0 Å². The number of aromatic nitrogens is 4. The maximum absolute atomic E-state index is 12.4. The van der Waals surface area contributed by atoms with E-state index in [0.29, 0.717) is 52.3 Å². The van der Waals surface area contributed by atoms with Crippen LogP contribution in [0.15, 0.2) is 64.2 Å². The Hall–Kier alpha value is -4.07. The molecule has 0 atom stereocenters. The fourth-order valence-corrected chi connectivity index (χ4v) is 3.28. The van der Waals surface area contributed by atoms with Crippen LogP contribution in [0.25, 0.3) is 22.3 Å². The second-order valence-electron chi connectivity index (χ2n) is 7.10. The third kappa shape index (κ3) is 4.75. The first-order chi connectivity index (χ1) is 15.0. The number of para-hydroxylation sites is 1. The van der Waals surface area contributed by atoms with Gasteiger partial charge in [0.05, 0.1) is 10.9 Å². The minimum absolute atomic E-state index is 0.159. The highest BCUT2D eigenvalue weighted by Gasteiger charge is 2.09. The molecule has 0 radical (unpaired) electrons. The molecule has 1 amide bonds. The number of amides is 1. The number of nitrogens with zero attached hydrogens (tertiary/aromatic N) is 2. The van der Waals surface area contributed by atoms with Gasteiger partial charge in [0.25, 0.3) is 11.1 Å². The van der Waals surface area contributed by atoms with Crippen molar-refractivity contribution in [2.75, 3.05) is 5.32 Å². The molecule has 156 valence electrons. The molecule has 2 heterocycles. The molecule has 0 saturated carbocycles. The van der Waals surface area contributed by atoms with Crippen molar-refractivity contribution in [1.82, 2.24) is 19.9 Å². The molecule has 0 aliphatic heterocycles. The first-order valence-corrected chi connectivity index (χ1v) is 10.0. The highest BCUT2D eigenvalue weighted by atomic mass is 16.1. The van der Waals surface area contributed by atoms with Crippen molar-refractivity contribution < 1.29 is 4.79 Å². The molecule has 2 aromatic heterocycles. The summed E-state index contributed by atoms with van der Waals surface area (Å²) >= 11 is 0. The van der Waals surface area contributed by atoms with Gasteiger partial charge in [-0.05, 0) is 30.7 Å². The van der Waals surface area contributed by atoms with E-state index in [9.17, 15) is 14.4 Å². The van der Waals surface area contributed by atoms with Crippen LogP contribution in [0.2, 0.25) is 0 Å². The number of anilines is 1. The number of rotatable bonds is 6. The van der Waals surface area contributed by atoms with Gasteiger partial charge >= 0.3 is 0 Å². The SMILES string of the molecule is CCc1cc(=O)[nH]c(-c2cccc(NC(=O)CCc3nc4ccccc4c(=O)[nH]3)c2)n1. The van der Waals surface area contributed by atoms with Crippen LogP contribution in [-0.2, 0) is 17.6 Å². The number of hydrogen-bond acceptors (Lipinski definition) is 5. The van der Waals surface area contributed by atoms with E-state index in [-0.39, 0.29) is 23.4 Å². The lowest BCUT2D eigenvalue weighted by Crippen LogP contribution is -2.16. The van der Waals surface area contributed by atoms with Gasteiger partial charge in [0.2, 0.25) is 5.91 Å². The predicted octanol–water partition coefficient (Wildman–Crippen LogP) is 2.81. The zero-order valence-electron chi connectivity index (χ0n) is 16.9. The zero-order chi connectivity index (χ0) is 21.8. The number of carbonyl (C=O) groups excluding carboxylic acids is 1. The van der Waals surface area contributed by atoms with Crippen molar-refractivity contribution in [2.45, 2.75) is 26.2 Å². The van der Waals surface area contributed by atoms with Gasteiger partial charge in [0, 0.05) is 35.9 Å². The molecule has 4 aromatic rings. The van der Waals surface area contributed by atoms with Crippen LogP contribution in [0.3, 0.4) is 0 Å². The third-order valence-corrected chi connectivity index (χ3v) is 4.83. The van der Waals surface area contributed by atoms with Crippen molar-refractivity contribution in [2.24, 2.45) is 0 Å². The van der Waals surface area contributed by atoms with E-state index in [1.165, 1.54) is 6.07 Å². The summed E-state index contributed by atoms with van der Waals surface area (Å²) in [6.07, 6.45) is 1.11. The Labute approximate surface area is 177 Å². The Morgan fingerprint density at radius 2 is 1.84 bits per heavy atom. The Kier molecular flexibility index (Phi) is 5.70. The lowest BCUT2D eigenvalue weighted by molar-refractivity contribution is -0.116. The second kappa shape index (κ2) is 8.74. The van der Waals surface area contributed by atoms with E-state index in [0.717, 1.165) is 0 Å². The summed E-state index contributed by atoms with van der Waals surface area (Å²) < 4.78 is 0. The van der Waals surface area contributed by atoms with Crippen LogP contribution in [0.4, 0.5) is 5.69 Å². The van der Waals surface area contributed by atoms with Gasteiger partial charge in [-0.25, -0.2) is 9.97 Å². The molecule has 0 spiro atoms. The number of hydrogen-bond donors (Lipinski definition) is 3. The molecule has 0 aliphatic rings. The molecule has 8 nitrogen and oxygen atoms in total. The normalized spacial score (nSPS) is 10.9. The Balaban J connectivity index is 1.46. The molecule has 0 unspecified atom stereocenters. The molecular weight excluding hydrogens is 394 g/mol. The average molecular weight is 415 g/mol. The van der Waals surface area contributed by atoms with Crippen LogP contribution >= 0.6 is 0 Å². The molecule has 2 aromatic carbocycles. The molecule has 0 saturated heterocycles. The van der Waals surface area contributed by atoms with Gasteiger partial charge < -0.3 is 15.3 Å². The van der Waals surface area contributed by atoms with Crippen molar-refractivity contribution in [3.63, 3.8) is 0 Å². The maximum atomic E-state index is 12.4. The van der Waals surface area contributed by atoms with E-state index in [4.69, 9.17) is 0 Å². The number of aromatic amines is 2. The third-order valence-electron chi connectivity index (χ3n) is 4.83. The Morgan fingerprint density at radius 1 is 1.00 bits per heavy atom. The van der Waals surface area contributed by atoms with Crippen LogP contribution in [-0.4, -0.2) is 25.8 Å². The minimum atomic E-state index is -0.218. The number of H-pyrrole nitrogens is 2. The lowest BCUT2D eigenvalue weighted by Gasteiger charge is -2.08. The monoisotopic (exact) mass is 415 g/mol. The summed E-state index contributed by atoms with van der Waals surface area (Å²) in [6.45, 7) is 1.93. The number of benzene rings is 2. The van der Waals surface area contributed by atoms with Gasteiger partial charge in [0.15, 0.2) is 0 Å². The summed E-state index contributed by atoms with van der Waals surface area (Å²) in [5.41, 5.74) is 2.16. The van der Waals surface area contributed by atoms with Crippen LogP contribution in [0, 0.1) is 0 Å². The van der Waals surface area contributed by atoms with E-state index in [1.54, 1.807) is 36.4 Å². The molecule has 4 rings (SSSR count). The fraction of sp³-hybridized carbons (Fsp3) is 0.174. The van der Waals surface area contributed by atoms with Crippen molar-refractivity contribution in [3.8, 4) is 11.4 Å². The van der Waals surface area contributed by atoms with E-state index < -0.39 is 0 Å². The largest absolute Gasteiger partial charge is 0.326 e. The highest BCUT2D eigenvalue weighted by molar-refractivity contribution is 5.91. The van der Waals surface area contributed by atoms with Gasteiger partial charge in [-0.3, -0.25) is 14.4 Å². The summed E-state index contributed by atoms with van der Waals surface area (Å²) in [5.74, 6) is 0.709. The second-order valence-corrected chi connectivity index (χ2v) is 7.10.